The molecule has 1 aromatic heterocycles. The minimum Gasteiger partial charge on any atom is -0.497 e. The Morgan fingerprint density at radius 1 is 0.933 bits per heavy atom. The fourth-order valence-electron chi connectivity index (χ4n) is 3.54. The summed E-state index contributed by atoms with van der Waals surface area (Å²) in [5, 5.41) is 0. The second-order valence-electron chi connectivity index (χ2n) is 6.95. The summed E-state index contributed by atoms with van der Waals surface area (Å²) >= 11 is 0. The van der Waals surface area contributed by atoms with Crippen LogP contribution in [0, 0.1) is 0 Å². The molecule has 30 heavy (non-hydrogen) atoms. The number of carbonyl (C=O) groups excluding carboxylic acids is 1. The van der Waals surface area contributed by atoms with Crippen molar-refractivity contribution >= 4 is 11.7 Å². The van der Waals surface area contributed by atoms with Crippen molar-refractivity contribution in [2.24, 2.45) is 0 Å². The maximum Gasteiger partial charge on any atom is 0.257 e. The van der Waals surface area contributed by atoms with E-state index in [1.165, 1.54) is 0 Å². The van der Waals surface area contributed by atoms with Crippen molar-refractivity contribution in [3.05, 3.63) is 66.4 Å². The van der Waals surface area contributed by atoms with Crippen molar-refractivity contribution < 1.29 is 14.3 Å². The highest BCUT2D eigenvalue weighted by Crippen LogP contribution is 2.26. The van der Waals surface area contributed by atoms with Crippen LogP contribution in [0.15, 0.2) is 60.8 Å². The van der Waals surface area contributed by atoms with Crippen LogP contribution in [0.4, 0.5) is 5.82 Å². The summed E-state index contributed by atoms with van der Waals surface area (Å²) in [5.74, 6) is 2.71. The van der Waals surface area contributed by atoms with Gasteiger partial charge in [0.2, 0.25) is 0 Å². The zero-order valence-corrected chi connectivity index (χ0v) is 17.1. The van der Waals surface area contributed by atoms with Crippen LogP contribution in [0.3, 0.4) is 0 Å². The van der Waals surface area contributed by atoms with E-state index in [4.69, 9.17) is 14.5 Å². The molecule has 0 bridgehead atoms. The molecule has 1 aliphatic rings. The number of ether oxygens (including phenoxy) is 2. The van der Waals surface area contributed by atoms with Gasteiger partial charge >= 0.3 is 0 Å². The van der Waals surface area contributed by atoms with Crippen molar-refractivity contribution in [3.8, 4) is 22.9 Å². The Balaban J connectivity index is 1.45. The van der Waals surface area contributed by atoms with Gasteiger partial charge in [-0.25, -0.2) is 9.97 Å². The minimum atomic E-state index is -0.0400. The number of amides is 1. The van der Waals surface area contributed by atoms with Gasteiger partial charge in [-0.2, -0.15) is 0 Å². The van der Waals surface area contributed by atoms with Gasteiger partial charge in [0, 0.05) is 44.0 Å². The van der Waals surface area contributed by atoms with E-state index in [0.29, 0.717) is 49.1 Å². The number of methoxy groups -OCH3 is 2. The van der Waals surface area contributed by atoms with E-state index < -0.39 is 0 Å². The van der Waals surface area contributed by atoms with Gasteiger partial charge < -0.3 is 19.3 Å². The largest absolute Gasteiger partial charge is 0.497 e. The first-order chi connectivity index (χ1) is 14.7. The Hall–Kier alpha value is -3.61. The minimum absolute atomic E-state index is 0.0400. The first-order valence-corrected chi connectivity index (χ1v) is 9.84. The number of hydrogen-bond donors (Lipinski definition) is 0. The summed E-state index contributed by atoms with van der Waals surface area (Å²) in [5.41, 5.74) is 1.53. The van der Waals surface area contributed by atoms with Crippen molar-refractivity contribution in [1.29, 1.82) is 0 Å². The highest BCUT2D eigenvalue weighted by molar-refractivity contribution is 5.97. The molecule has 1 aliphatic heterocycles. The lowest BCUT2D eigenvalue weighted by Crippen LogP contribution is -2.49. The molecule has 3 aromatic rings. The number of piperazine rings is 1. The summed E-state index contributed by atoms with van der Waals surface area (Å²) in [7, 11) is 3.15. The molecule has 7 heteroatoms. The van der Waals surface area contributed by atoms with Gasteiger partial charge in [-0.1, -0.05) is 30.3 Å². The molecule has 1 fully saturated rings. The molecule has 1 amide bonds. The zero-order valence-electron chi connectivity index (χ0n) is 17.1. The Kier molecular flexibility index (Phi) is 5.79. The van der Waals surface area contributed by atoms with Gasteiger partial charge in [0.05, 0.1) is 19.8 Å². The Morgan fingerprint density at radius 3 is 2.40 bits per heavy atom. The van der Waals surface area contributed by atoms with Crippen molar-refractivity contribution in [3.63, 3.8) is 0 Å². The highest BCUT2D eigenvalue weighted by Gasteiger charge is 2.25. The molecule has 0 spiro atoms. The first-order valence-electron chi connectivity index (χ1n) is 9.84. The standard InChI is InChI=1S/C23H24N4O3/c1-29-18-8-9-19(20(16-18)30-2)23(28)27-14-12-26(13-15-27)21-10-11-24-22(25-21)17-6-4-3-5-7-17/h3-11,16H,12-15H2,1-2H3. The molecule has 0 unspecified atom stereocenters. The van der Waals surface area contributed by atoms with Gasteiger partial charge in [-0.15, -0.1) is 0 Å². The molecule has 154 valence electrons. The summed E-state index contributed by atoms with van der Waals surface area (Å²) in [6.07, 6.45) is 1.78. The van der Waals surface area contributed by atoms with E-state index in [1.54, 1.807) is 38.6 Å². The molecule has 0 atom stereocenters. The maximum absolute atomic E-state index is 13.0. The average molecular weight is 404 g/mol. The van der Waals surface area contributed by atoms with E-state index in [0.717, 1.165) is 11.4 Å². The van der Waals surface area contributed by atoms with Crippen LogP contribution in [0.25, 0.3) is 11.4 Å². The van der Waals surface area contributed by atoms with Crippen molar-refractivity contribution in [2.75, 3.05) is 45.3 Å². The quantitative estimate of drug-likeness (QED) is 0.651. The first kappa shape index (κ1) is 19.7. The lowest BCUT2D eigenvalue weighted by atomic mass is 10.1. The van der Waals surface area contributed by atoms with Crippen LogP contribution in [0.1, 0.15) is 10.4 Å². The Labute approximate surface area is 175 Å². The number of rotatable bonds is 5. The average Bonchev–Trinajstić information content (AvgIpc) is 2.84. The summed E-state index contributed by atoms with van der Waals surface area (Å²) in [4.78, 5) is 26.2. The molecule has 0 radical (unpaired) electrons. The molecule has 0 saturated carbocycles. The predicted molar refractivity (Wildman–Crippen MR) is 115 cm³/mol. The number of nitrogens with zero attached hydrogens (tertiary/aromatic N) is 4. The summed E-state index contributed by atoms with van der Waals surface area (Å²) < 4.78 is 10.6. The third-order valence-corrected chi connectivity index (χ3v) is 5.20. The third-order valence-electron chi connectivity index (χ3n) is 5.20. The van der Waals surface area contributed by atoms with Crippen LogP contribution < -0.4 is 14.4 Å². The molecule has 0 aliphatic carbocycles. The fraction of sp³-hybridized carbons (Fsp3) is 0.261. The molecule has 0 N–H and O–H groups in total. The molecule has 1 saturated heterocycles. The van der Waals surface area contributed by atoms with E-state index in [-0.39, 0.29) is 5.91 Å². The normalized spacial score (nSPS) is 13.8. The van der Waals surface area contributed by atoms with Gasteiger partial charge in [0.15, 0.2) is 5.82 Å². The lowest BCUT2D eigenvalue weighted by molar-refractivity contribution is 0.0743. The van der Waals surface area contributed by atoms with Crippen LogP contribution >= 0.6 is 0 Å². The van der Waals surface area contributed by atoms with Crippen LogP contribution in [-0.4, -0.2) is 61.2 Å². The SMILES string of the molecule is COc1ccc(C(=O)N2CCN(c3ccnc(-c4ccccc4)n3)CC2)c(OC)c1. The number of aromatic nitrogens is 2. The Bertz CT molecular complexity index is 1020. The third kappa shape index (κ3) is 4.05. The monoisotopic (exact) mass is 404 g/mol. The molecule has 7 nitrogen and oxygen atoms in total. The molecule has 2 aromatic carbocycles. The molecular weight excluding hydrogens is 380 g/mol. The topological polar surface area (TPSA) is 67.8 Å². The molecular formula is C23H24N4O3. The molecule has 2 heterocycles. The van der Waals surface area contributed by atoms with E-state index >= 15 is 0 Å². The number of anilines is 1. The lowest BCUT2D eigenvalue weighted by Gasteiger charge is -2.35. The van der Waals surface area contributed by atoms with E-state index in [1.807, 2.05) is 41.3 Å². The van der Waals surface area contributed by atoms with E-state index in [9.17, 15) is 4.79 Å². The van der Waals surface area contributed by atoms with Gasteiger partial charge in [-0.3, -0.25) is 4.79 Å². The van der Waals surface area contributed by atoms with Gasteiger partial charge in [-0.05, 0) is 18.2 Å². The predicted octanol–water partition coefficient (Wildman–Crippen LogP) is 3.12. The fourth-order valence-corrected chi connectivity index (χ4v) is 3.54. The van der Waals surface area contributed by atoms with Gasteiger partial charge in [0.25, 0.3) is 5.91 Å². The summed E-state index contributed by atoms with van der Waals surface area (Å²) in [6.45, 7) is 2.63. The number of carbonyl (C=O) groups is 1. The maximum atomic E-state index is 13.0. The van der Waals surface area contributed by atoms with Crippen LogP contribution in [0.5, 0.6) is 11.5 Å². The zero-order chi connectivity index (χ0) is 20.9. The Morgan fingerprint density at radius 2 is 1.70 bits per heavy atom. The van der Waals surface area contributed by atoms with Crippen LogP contribution in [-0.2, 0) is 0 Å². The van der Waals surface area contributed by atoms with E-state index in [2.05, 4.69) is 9.88 Å². The number of benzene rings is 2. The highest BCUT2D eigenvalue weighted by atomic mass is 16.5. The van der Waals surface area contributed by atoms with Gasteiger partial charge in [0.1, 0.15) is 17.3 Å². The van der Waals surface area contributed by atoms with Crippen LogP contribution in [0.2, 0.25) is 0 Å². The smallest absolute Gasteiger partial charge is 0.257 e. The van der Waals surface area contributed by atoms with Crippen molar-refractivity contribution in [2.45, 2.75) is 0 Å². The second kappa shape index (κ2) is 8.82. The summed E-state index contributed by atoms with van der Waals surface area (Å²) in [6, 6.07) is 17.1. The molecule has 4 rings (SSSR count). The second-order valence-corrected chi connectivity index (χ2v) is 6.95. The number of hydrogen-bond acceptors (Lipinski definition) is 6. The van der Waals surface area contributed by atoms with Crippen molar-refractivity contribution in [1.82, 2.24) is 14.9 Å².